The fourth-order valence-electron chi connectivity index (χ4n) is 2.85. The van der Waals surface area contributed by atoms with E-state index in [0.29, 0.717) is 23.6 Å². The third-order valence-electron chi connectivity index (χ3n) is 4.54. The smallest absolute Gasteiger partial charge is 0.229 e. The zero-order valence-corrected chi connectivity index (χ0v) is 18.8. The standard InChI is InChI=1S/C23H25FN6S/c1-14-5-10-20(11-15(14)2)28-23(31)30-21(25-13-18-6-8-19(24)9-7-18)29-22-26-16(3)12-17(4)27-22/h5-12H,13H2,1-4H3,(H3,25,26,27,28,29,30,31). The van der Waals surface area contributed by atoms with Crippen LogP contribution >= 0.6 is 12.2 Å². The second kappa shape index (κ2) is 10.1. The fourth-order valence-corrected chi connectivity index (χ4v) is 3.06. The van der Waals surface area contributed by atoms with Gasteiger partial charge in [-0.15, -0.1) is 0 Å². The van der Waals surface area contributed by atoms with E-state index in [0.717, 1.165) is 22.6 Å². The van der Waals surface area contributed by atoms with Crippen molar-refractivity contribution >= 4 is 34.9 Å². The molecule has 0 radical (unpaired) electrons. The van der Waals surface area contributed by atoms with Crippen molar-refractivity contribution in [2.75, 3.05) is 10.6 Å². The van der Waals surface area contributed by atoms with E-state index in [-0.39, 0.29) is 5.82 Å². The van der Waals surface area contributed by atoms with E-state index in [4.69, 9.17) is 12.2 Å². The molecule has 0 atom stereocenters. The van der Waals surface area contributed by atoms with E-state index >= 15 is 0 Å². The van der Waals surface area contributed by atoms with Gasteiger partial charge in [0.1, 0.15) is 5.82 Å². The summed E-state index contributed by atoms with van der Waals surface area (Å²) in [7, 11) is 0. The van der Waals surface area contributed by atoms with Crippen molar-refractivity contribution in [3.05, 3.63) is 82.4 Å². The van der Waals surface area contributed by atoms with Gasteiger partial charge >= 0.3 is 0 Å². The third-order valence-corrected chi connectivity index (χ3v) is 4.75. The molecular formula is C23H25FN6S. The minimum absolute atomic E-state index is 0.286. The lowest BCUT2D eigenvalue weighted by Crippen LogP contribution is -2.39. The summed E-state index contributed by atoms with van der Waals surface area (Å²) < 4.78 is 13.2. The maximum absolute atomic E-state index is 13.2. The van der Waals surface area contributed by atoms with Crippen LogP contribution in [-0.2, 0) is 6.54 Å². The topological polar surface area (TPSA) is 74.2 Å². The Bertz CT molecular complexity index is 1090. The average Bonchev–Trinajstić information content (AvgIpc) is 2.69. The lowest BCUT2D eigenvalue weighted by Gasteiger charge is -2.15. The number of nitrogens with zero attached hydrogens (tertiary/aromatic N) is 3. The zero-order valence-electron chi connectivity index (χ0n) is 18.0. The van der Waals surface area contributed by atoms with Crippen LogP contribution in [0, 0.1) is 33.5 Å². The molecule has 8 heteroatoms. The molecule has 0 fully saturated rings. The van der Waals surface area contributed by atoms with Gasteiger partial charge in [-0.25, -0.2) is 19.4 Å². The molecule has 0 spiro atoms. The second-order valence-electron chi connectivity index (χ2n) is 7.27. The maximum Gasteiger partial charge on any atom is 0.229 e. The molecule has 1 heterocycles. The molecule has 0 amide bonds. The minimum atomic E-state index is -0.286. The van der Waals surface area contributed by atoms with Crippen molar-refractivity contribution < 1.29 is 4.39 Å². The molecule has 6 nitrogen and oxygen atoms in total. The number of nitrogens with one attached hydrogen (secondary N) is 3. The SMILES string of the molecule is Cc1cc(C)nc(NC(=NCc2ccc(F)cc2)NC(=S)Nc2ccc(C)c(C)c2)n1. The van der Waals surface area contributed by atoms with E-state index in [1.54, 1.807) is 12.1 Å². The maximum atomic E-state index is 13.2. The van der Waals surface area contributed by atoms with Crippen LogP contribution in [0.25, 0.3) is 0 Å². The van der Waals surface area contributed by atoms with Crippen molar-refractivity contribution in [3.63, 3.8) is 0 Å². The highest BCUT2D eigenvalue weighted by molar-refractivity contribution is 7.80. The molecule has 0 aliphatic carbocycles. The van der Waals surface area contributed by atoms with Crippen LogP contribution in [0.5, 0.6) is 0 Å². The van der Waals surface area contributed by atoms with E-state index < -0.39 is 0 Å². The minimum Gasteiger partial charge on any atom is -0.332 e. The molecule has 0 bridgehead atoms. The van der Waals surface area contributed by atoms with Gasteiger partial charge in [-0.1, -0.05) is 18.2 Å². The number of aliphatic imine (C=N–C) groups is 1. The van der Waals surface area contributed by atoms with E-state index in [9.17, 15) is 4.39 Å². The first kappa shape index (κ1) is 22.3. The summed E-state index contributed by atoms with van der Waals surface area (Å²) in [5.74, 6) is 0.513. The van der Waals surface area contributed by atoms with Gasteiger partial charge in [-0.05, 0) is 86.9 Å². The first-order chi connectivity index (χ1) is 14.8. The van der Waals surface area contributed by atoms with Gasteiger partial charge < -0.3 is 10.6 Å². The van der Waals surface area contributed by atoms with E-state index in [2.05, 4.69) is 37.8 Å². The summed E-state index contributed by atoms with van der Waals surface area (Å²) in [6.07, 6.45) is 0. The van der Waals surface area contributed by atoms with Crippen LogP contribution in [0.2, 0.25) is 0 Å². The van der Waals surface area contributed by atoms with E-state index in [1.165, 1.54) is 23.3 Å². The molecule has 0 saturated carbocycles. The molecular weight excluding hydrogens is 411 g/mol. The number of aromatic nitrogens is 2. The highest BCUT2D eigenvalue weighted by Gasteiger charge is 2.08. The van der Waals surface area contributed by atoms with Gasteiger partial charge in [-0.3, -0.25) is 5.32 Å². The van der Waals surface area contributed by atoms with Crippen molar-refractivity contribution in [1.82, 2.24) is 15.3 Å². The summed E-state index contributed by atoms with van der Waals surface area (Å²) in [5.41, 5.74) is 5.78. The number of thiocarbonyl (C=S) groups is 1. The summed E-state index contributed by atoms with van der Waals surface area (Å²) in [4.78, 5) is 13.3. The Hall–Kier alpha value is -3.39. The Labute approximate surface area is 187 Å². The largest absolute Gasteiger partial charge is 0.332 e. The van der Waals surface area contributed by atoms with Crippen LogP contribution < -0.4 is 16.0 Å². The number of benzene rings is 2. The van der Waals surface area contributed by atoms with Crippen LogP contribution in [0.4, 0.5) is 16.0 Å². The van der Waals surface area contributed by atoms with Gasteiger partial charge in [0.15, 0.2) is 5.11 Å². The Kier molecular flexibility index (Phi) is 7.25. The summed E-state index contributed by atoms with van der Waals surface area (Å²) in [6.45, 7) is 8.23. The molecule has 3 rings (SSSR count). The molecule has 3 N–H and O–H groups in total. The Morgan fingerprint density at radius 3 is 2.23 bits per heavy atom. The molecule has 0 aliphatic heterocycles. The fraction of sp³-hybridized carbons (Fsp3) is 0.217. The highest BCUT2D eigenvalue weighted by atomic mass is 32.1. The quantitative estimate of drug-likeness (QED) is 0.310. The normalized spacial score (nSPS) is 11.2. The van der Waals surface area contributed by atoms with Crippen molar-refractivity contribution in [1.29, 1.82) is 0 Å². The summed E-state index contributed by atoms with van der Waals surface area (Å²) in [6, 6.07) is 14.1. The molecule has 0 aliphatic rings. The van der Waals surface area contributed by atoms with Gasteiger partial charge in [0.2, 0.25) is 11.9 Å². The molecule has 0 unspecified atom stereocenters. The molecule has 160 valence electrons. The molecule has 3 aromatic rings. The number of halogens is 1. The van der Waals surface area contributed by atoms with E-state index in [1.807, 2.05) is 45.0 Å². The number of anilines is 2. The lowest BCUT2D eigenvalue weighted by molar-refractivity contribution is 0.627. The number of hydrogen-bond donors (Lipinski definition) is 3. The highest BCUT2D eigenvalue weighted by Crippen LogP contribution is 2.14. The number of rotatable bonds is 4. The monoisotopic (exact) mass is 436 g/mol. The van der Waals surface area contributed by atoms with Gasteiger partial charge in [0.25, 0.3) is 0 Å². The van der Waals surface area contributed by atoms with Crippen LogP contribution in [0.15, 0.2) is 53.5 Å². The third kappa shape index (κ3) is 6.82. The zero-order chi connectivity index (χ0) is 22.4. The molecule has 2 aromatic carbocycles. The average molecular weight is 437 g/mol. The van der Waals surface area contributed by atoms with Crippen molar-refractivity contribution in [2.24, 2.45) is 4.99 Å². The Morgan fingerprint density at radius 2 is 1.58 bits per heavy atom. The van der Waals surface area contributed by atoms with Crippen molar-refractivity contribution in [2.45, 2.75) is 34.2 Å². The molecule has 31 heavy (non-hydrogen) atoms. The number of hydrogen-bond acceptors (Lipinski definition) is 4. The molecule has 0 saturated heterocycles. The van der Waals surface area contributed by atoms with Gasteiger partial charge in [0.05, 0.1) is 6.54 Å². The van der Waals surface area contributed by atoms with Crippen LogP contribution in [0.1, 0.15) is 28.1 Å². The predicted molar refractivity (Wildman–Crippen MR) is 128 cm³/mol. The van der Waals surface area contributed by atoms with Crippen LogP contribution in [-0.4, -0.2) is 21.0 Å². The summed E-state index contributed by atoms with van der Waals surface area (Å²) >= 11 is 5.47. The predicted octanol–water partition coefficient (Wildman–Crippen LogP) is 4.80. The Morgan fingerprint density at radius 1 is 0.903 bits per heavy atom. The number of aryl methyl sites for hydroxylation is 4. The van der Waals surface area contributed by atoms with Gasteiger partial charge in [0, 0.05) is 17.1 Å². The second-order valence-corrected chi connectivity index (χ2v) is 7.68. The van der Waals surface area contributed by atoms with Crippen molar-refractivity contribution in [3.8, 4) is 0 Å². The Balaban J connectivity index is 1.77. The molecule has 1 aromatic heterocycles. The first-order valence-electron chi connectivity index (χ1n) is 9.82. The summed E-state index contributed by atoms with van der Waals surface area (Å²) in [5, 5.41) is 9.71. The van der Waals surface area contributed by atoms with Gasteiger partial charge in [-0.2, -0.15) is 0 Å². The lowest BCUT2D eigenvalue weighted by atomic mass is 10.1. The first-order valence-corrected chi connectivity index (χ1v) is 10.2. The van der Waals surface area contributed by atoms with Crippen LogP contribution in [0.3, 0.4) is 0 Å². The number of guanidine groups is 1.